The first-order chi connectivity index (χ1) is 9.81. The largest absolute Gasteiger partial charge is 0.493 e. The van der Waals surface area contributed by atoms with Crippen molar-refractivity contribution in [3.05, 3.63) is 28.2 Å². The van der Waals surface area contributed by atoms with Gasteiger partial charge in [0.1, 0.15) is 5.75 Å². The molecule has 0 saturated heterocycles. The summed E-state index contributed by atoms with van der Waals surface area (Å²) in [5.74, 6) is -1.39. The number of carboxylic acids is 1. The van der Waals surface area contributed by atoms with E-state index in [-0.39, 0.29) is 13.0 Å². The van der Waals surface area contributed by atoms with Crippen LogP contribution in [0, 0.1) is 0 Å². The number of hydrogen-bond donors (Lipinski definition) is 3. The lowest BCUT2D eigenvalue weighted by atomic mass is 10.2. The first-order valence-corrected chi connectivity index (χ1v) is 6.85. The lowest BCUT2D eigenvalue weighted by molar-refractivity contribution is -0.144. The van der Waals surface area contributed by atoms with E-state index in [0.717, 1.165) is 0 Å². The molecule has 1 aromatic carbocycles. The molecule has 0 heterocycles. The minimum absolute atomic E-state index is 0.0376. The van der Waals surface area contributed by atoms with E-state index in [1.807, 2.05) is 0 Å². The zero-order valence-electron chi connectivity index (χ0n) is 11.2. The summed E-state index contributed by atoms with van der Waals surface area (Å²) in [6.07, 6.45) is -1.25. The summed E-state index contributed by atoms with van der Waals surface area (Å²) in [6, 6.07) is 3.33. The predicted molar refractivity (Wildman–Crippen MR) is 77.8 cm³/mol. The third kappa shape index (κ3) is 5.79. The van der Waals surface area contributed by atoms with Gasteiger partial charge in [0, 0.05) is 6.07 Å². The highest BCUT2D eigenvalue weighted by Gasteiger charge is 2.24. The SMILES string of the molecule is C[C@@H](O)[C@H](NC(=O)CCOc1ccc(Cl)c(Cl)c1)C(=O)O. The van der Waals surface area contributed by atoms with E-state index in [9.17, 15) is 14.7 Å². The van der Waals surface area contributed by atoms with Gasteiger partial charge in [-0.3, -0.25) is 4.79 Å². The van der Waals surface area contributed by atoms with Crippen LogP contribution < -0.4 is 10.1 Å². The minimum Gasteiger partial charge on any atom is -0.493 e. The van der Waals surface area contributed by atoms with Gasteiger partial charge in [0.15, 0.2) is 6.04 Å². The van der Waals surface area contributed by atoms with Crippen molar-refractivity contribution < 1.29 is 24.5 Å². The molecule has 8 heteroatoms. The van der Waals surface area contributed by atoms with Gasteiger partial charge >= 0.3 is 5.97 Å². The Morgan fingerprint density at radius 3 is 2.52 bits per heavy atom. The Kier molecular flexibility index (Phi) is 6.74. The van der Waals surface area contributed by atoms with E-state index in [4.69, 9.17) is 33.0 Å². The molecule has 1 rings (SSSR count). The molecular formula is C13H15Cl2NO5. The van der Waals surface area contributed by atoms with Crippen LogP contribution in [-0.4, -0.2) is 40.8 Å². The van der Waals surface area contributed by atoms with Gasteiger partial charge in [-0.25, -0.2) is 4.79 Å². The molecule has 0 fully saturated rings. The molecule has 116 valence electrons. The van der Waals surface area contributed by atoms with E-state index in [1.54, 1.807) is 12.1 Å². The first kappa shape index (κ1) is 17.6. The Hall–Kier alpha value is -1.50. The molecule has 0 aliphatic carbocycles. The first-order valence-electron chi connectivity index (χ1n) is 6.09. The minimum atomic E-state index is -1.34. The van der Waals surface area contributed by atoms with Gasteiger partial charge in [0.05, 0.1) is 29.2 Å². The molecule has 0 aromatic heterocycles. The number of ether oxygens (including phenoxy) is 1. The summed E-state index contributed by atoms with van der Waals surface area (Å²) in [4.78, 5) is 22.4. The lowest BCUT2D eigenvalue weighted by Gasteiger charge is -2.17. The molecule has 6 nitrogen and oxygen atoms in total. The maximum atomic E-state index is 11.6. The molecule has 1 amide bonds. The van der Waals surface area contributed by atoms with Crippen molar-refractivity contribution in [2.75, 3.05) is 6.61 Å². The van der Waals surface area contributed by atoms with Crippen molar-refractivity contribution >= 4 is 35.1 Å². The van der Waals surface area contributed by atoms with Gasteiger partial charge < -0.3 is 20.3 Å². The number of hydrogen-bond acceptors (Lipinski definition) is 4. The average molecular weight is 336 g/mol. The Morgan fingerprint density at radius 2 is 2.00 bits per heavy atom. The van der Waals surface area contributed by atoms with Gasteiger partial charge in [-0.15, -0.1) is 0 Å². The van der Waals surface area contributed by atoms with Crippen molar-refractivity contribution in [2.24, 2.45) is 0 Å². The summed E-state index contributed by atoms with van der Waals surface area (Å²) in [5, 5.41) is 21.0. The highest BCUT2D eigenvalue weighted by molar-refractivity contribution is 6.42. The van der Waals surface area contributed by atoms with Crippen molar-refractivity contribution in [3.63, 3.8) is 0 Å². The van der Waals surface area contributed by atoms with Crippen LogP contribution in [0.1, 0.15) is 13.3 Å². The standard InChI is InChI=1S/C13H15Cl2NO5/c1-7(17)12(13(19)20)16-11(18)4-5-21-8-2-3-9(14)10(15)6-8/h2-3,6-7,12,17H,4-5H2,1H3,(H,16,18)(H,19,20)/t7-,12+/m1/s1. The zero-order chi connectivity index (χ0) is 16.0. The number of aliphatic hydroxyl groups excluding tert-OH is 1. The quantitative estimate of drug-likeness (QED) is 0.705. The number of aliphatic carboxylic acids is 1. The van der Waals surface area contributed by atoms with Gasteiger partial charge in [-0.1, -0.05) is 23.2 Å². The molecule has 3 N–H and O–H groups in total. The summed E-state index contributed by atoms with van der Waals surface area (Å²) in [7, 11) is 0. The van der Waals surface area contributed by atoms with Crippen molar-refractivity contribution in [1.29, 1.82) is 0 Å². The fourth-order valence-corrected chi connectivity index (χ4v) is 1.75. The van der Waals surface area contributed by atoms with Crippen molar-refractivity contribution in [1.82, 2.24) is 5.32 Å². The van der Waals surface area contributed by atoms with Crippen LogP contribution >= 0.6 is 23.2 Å². The van der Waals surface area contributed by atoms with Crippen LogP contribution in [-0.2, 0) is 9.59 Å². The number of amides is 1. The van der Waals surface area contributed by atoms with Gasteiger partial charge in [-0.2, -0.15) is 0 Å². The average Bonchev–Trinajstić information content (AvgIpc) is 2.39. The predicted octanol–water partition coefficient (Wildman–Crippen LogP) is 1.71. The number of rotatable bonds is 7. The maximum absolute atomic E-state index is 11.6. The van der Waals surface area contributed by atoms with Crippen LogP contribution in [0.2, 0.25) is 10.0 Å². The van der Waals surface area contributed by atoms with Crippen LogP contribution in [0.25, 0.3) is 0 Å². The molecule has 0 aliphatic heterocycles. The third-order valence-corrected chi connectivity index (χ3v) is 3.29. The Morgan fingerprint density at radius 1 is 1.33 bits per heavy atom. The zero-order valence-corrected chi connectivity index (χ0v) is 12.7. The molecule has 0 unspecified atom stereocenters. The van der Waals surface area contributed by atoms with Crippen LogP contribution in [0.3, 0.4) is 0 Å². The number of nitrogens with one attached hydrogen (secondary N) is 1. The topological polar surface area (TPSA) is 95.9 Å². The van der Waals surface area contributed by atoms with Crippen LogP contribution in [0.15, 0.2) is 18.2 Å². The highest BCUT2D eigenvalue weighted by atomic mass is 35.5. The second-order valence-corrected chi connectivity index (χ2v) is 5.11. The second kappa shape index (κ2) is 8.07. The summed E-state index contributed by atoms with van der Waals surface area (Å²) in [5.41, 5.74) is 0. The number of carbonyl (C=O) groups is 2. The summed E-state index contributed by atoms with van der Waals surface area (Å²) < 4.78 is 5.30. The molecule has 0 aliphatic rings. The molecule has 0 spiro atoms. The van der Waals surface area contributed by atoms with Crippen LogP contribution in [0.4, 0.5) is 0 Å². The molecular weight excluding hydrogens is 321 g/mol. The molecule has 0 saturated carbocycles. The third-order valence-electron chi connectivity index (χ3n) is 2.55. The summed E-state index contributed by atoms with van der Waals surface area (Å²) in [6.45, 7) is 1.32. The molecule has 1 aromatic rings. The lowest BCUT2D eigenvalue weighted by Crippen LogP contribution is -2.47. The molecule has 21 heavy (non-hydrogen) atoms. The fourth-order valence-electron chi connectivity index (χ4n) is 1.46. The van der Waals surface area contributed by atoms with E-state index >= 15 is 0 Å². The molecule has 2 atom stereocenters. The van der Waals surface area contributed by atoms with Crippen molar-refractivity contribution in [2.45, 2.75) is 25.5 Å². The highest BCUT2D eigenvalue weighted by Crippen LogP contribution is 2.26. The molecule has 0 radical (unpaired) electrons. The number of carbonyl (C=O) groups excluding carboxylic acids is 1. The van der Waals surface area contributed by atoms with E-state index < -0.39 is 24.0 Å². The summed E-state index contributed by atoms with van der Waals surface area (Å²) >= 11 is 11.6. The maximum Gasteiger partial charge on any atom is 0.328 e. The normalized spacial score (nSPS) is 13.3. The van der Waals surface area contributed by atoms with Gasteiger partial charge in [0.25, 0.3) is 0 Å². The van der Waals surface area contributed by atoms with Gasteiger partial charge in [-0.05, 0) is 19.1 Å². The fraction of sp³-hybridized carbons (Fsp3) is 0.385. The van der Waals surface area contributed by atoms with E-state index in [2.05, 4.69) is 5.32 Å². The number of benzene rings is 1. The molecule has 0 bridgehead atoms. The van der Waals surface area contributed by atoms with Gasteiger partial charge in [0.2, 0.25) is 5.91 Å². The Bertz CT molecular complexity index is 521. The number of halogens is 2. The second-order valence-electron chi connectivity index (χ2n) is 4.30. The van der Waals surface area contributed by atoms with Crippen LogP contribution in [0.5, 0.6) is 5.75 Å². The smallest absolute Gasteiger partial charge is 0.328 e. The van der Waals surface area contributed by atoms with Crippen molar-refractivity contribution in [3.8, 4) is 5.75 Å². The number of carboxylic acid groups (broad SMARTS) is 1. The Labute approximate surface area is 131 Å². The monoisotopic (exact) mass is 335 g/mol. The Balaban J connectivity index is 2.42. The van der Waals surface area contributed by atoms with E-state index in [1.165, 1.54) is 13.0 Å². The number of aliphatic hydroxyl groups is 1. The van der Waals surface area contributed by atoms with E-state index in [0.29, 0.717) is 15.8 Å².